The average molecular weight is 567 g/mol. The Morgan fingerprint density at radius 3 is 2.37 bits per heavy atom. The number of ether oxygens (including phenoxy) is 1. The van der Waals surface area contributed by atoms with Crippen LogP contribution in [0.3, 0.4) is 0 Å². The van der Waals surface area contributed by atoms with Gasteiger partial charge in [0.05, 0.1) is 7.11 Å². The SMILES string of the molecule is COc1ccc(CN(C)C(CCN2CCC(c3cccc(O)c3)CC2)c2cccc(SCc3ccccc3)c2)cc1. The van der Waals surface area contributed by atoms with E-state index in [4.69, 9.17) is 4.74 Å². The summed E-state index contributed by atoms with van der Waals surface area (Å²) in [5, 5.41) is 9.92. The number of hydrogen-bond acceptors (Lipinski definition) is 5. The smallest absolute Gasteiger partial charge is 0.118 e. The highest BCUT2D eigenvalue weighted by atomic mass is 32.2. The van der Waals surface area contributed by atoms with Gasteiger partial charge in [-0.1, -0.05) is 66.7 Å². The molecule has 1 saturated heterocycles. The topological polar surface area (TPSA) is 35.9 Å². The normalized spacial score (nSPS) is 15.2. The summed E-state index contributed by atoms with van der Waals surface area (Å²) in [5.74, 6) is 2.78. The Bertz CT molecular complexity index is 1350. The lowest BCUT2D eigenvalue weighted by atomic mass is 9.89. The zero-order valence-corrected chi connectivity index (χ0v) is 25.1. The number of phenols is 1. The lowest BCUT2D eigenvalue weighted by Crippen LogP contribution is -2.36. The summed E-state index contributed by atoms with van der Waals surface area (Å²) in [5.41, 5.74) is 5.30. The van der Waals surface area contributed by atoms with Gasteiger partial charge in [-0.2, -0.15) is 0 Å². The maximum Gasteiger partial charge on any atom is 0.118 e. The van der Waals surface area contributed by atoms with Crippen molar-refractivity contribution in [3.63, 3.8) is 0 Å². The van der Waals surface area contributed by atoms with Crippen LogP contribution in [0.1, 0.15) is 53.5 Å². The van der Waals surface area contributed by atoms with Crippen LogP contribution in [0.5, 0.6) is 11.5 Å². The highest BCUT2D eigenvalue weighted by Crippen LogP contribution is 2.33. The van der Waals surface area contributed by atoms with Crippen LogP contribution in [0.4, 0.5) is 0 Å². The van der Waals surface area contributed by atoms with E-state index in [0.29, 0.717) is 17.7 Å². The van der Waals surface area contributed by atoms with E-state index in [0.717, 1.165) is 56.9 Å². The third-order valence-corrected chi connectivity index (χ3v) is 9.33. The van der Waals surface area contributed by atoms with Gasteiger partial charge in [-0.15, -0.1) is 11.8 Å². The molecule has 5 rings (SSSR count). The van der Waals surface area contributed by atoms with Crippen molar-refractivity contribution in [2.75, 3.05) is 33.8 Å². The lowest BCUT2D eigenvalue weighted by Gasteiger charge is -2.35. The van der Waals surface area contributed by atoms with E-state index in [-0.39, 0.29) is 0 Å². The van der Waals surface area contributed by atoms with E-state index in [1.54, 1.807) is 13.2 Å². The van der Waals surface area contributed by atoms with Crippen molar-refractivity contribution in [3.05, 3.63) is 125 Å². The number of methoxy groups -OCH3 is 1. The maximum atomic E-state index is 9.92. The molecule has 1 atom stereocenters. The molecule has 0 aromatic heterocycles. The van der Waals surface area contributed by atoms with Crippen LogP contribution in [-0.2, 0) is 12.3 Å². The quantitative estimate of drug-likeness (QED) is 0.175. The molecule has 0 radical (unpaired) electrons. The number of likely N-dealkylation sites (tertiary alicyclic amines) is 1. The van der Waals surface area contributed by atoms with E-state index < -0.39 is 0 Å². The summed E-state index contributed by atoms with van der Waals surface area (Å²) >= 11 is 1.91. The van der Waals surface area contributed by atoms with E-state index in [9.17, 15) is 5.11 Å². The van der Waals surface area contributed by atoms with Crippen molar-refractivity contribution >= 4 is 11.8 Å². The second-order valence-corrected chi connectivity index (χ2v) is 12.2. The number of phenolic OH excluding ortho intramolecular Hbond substituents is 1. The monoisotopic (exact) mass is 566 g/mol. The summed E-state index contributed by atoms with van der Waals surface area (Å²) in [4.78, 5) is 6.45. The highest BCUT2D eigenvalue weighted by molar-refractivity contribution is 7.98. The second kappa shape index (κ2) is 14.6. The standard InChI is InChI=1S/C36H42N2O2S/c1-37(26-28-14-16-34(40-2)17-15-28)36(32-11-7-13-35(25-32)41-27-29-8-4-3-5-9-29)20-23-38-21-18-30(19-22-38)31-10-6-12-33(39)24-31/h3-17,24-25,30,36,39H,18-23,26-27H2,1-2H3. The van der Waals surface area contributed by atoms with E-state index in [2.05, 4.69) is 102 Å². The van der Waals surface area contributed by atoms with Crippen LogP contribution in [0.25, 0.3) is 0 Å². The molecule has 0 amide bonds. The Balaban J connectivity index is 1.26. The number of rotatable bonds is 12. The van der Waals surface area contributed by atoms with Gasteiger partial charge in [0.25, 0.3) is 0 Å². The van der Waals surface area contributed by atoms with Gasteiger partial charge >= 0.3 is 0 Å². The van der Waals surface area contributed by atoms with E-state index >= 15 is 0 Å². The van der Waals surface area contributed by atoms with Gasteiger partial charge < -0.3 is 14.7 Å². The molecule has 1 N–H and O–H groups in total. The third-order valence-electron chi connectivity index (χ3n) is 8.26. The second-order valence-electron chi connectivity index (χ2n) is 11.1. The number of nitrogens with zero attached hydrogens (tertiary/aromatic N) is 2. The Morgan fingerprint density at radius 1 is 0.878 bits per heavy atom. The fraction of sp³-hybridized carbons (Fsp3) is 0.333. The first kappa shape index (κ1) is 29.2. The zero-order chi connectivity index (χ0) is 28.4. The van der Waals surface area contributed by atoms with E-state index in [1.165, 1.54) is 27.1 Å². The van der Waals surface area contributed by atoms with Crippen molar-refractivity contribution in [2.24, 2.45) is 0 Å². The Labute approximate surface area is 250 Å². The van der Waals surface area contributed by atoms with Crippen molar-refractivity contribution < 1.29 is 9.84 Å². The molecule has 1 aliphatic rings. The van der Waals surface area contributed by atoms with Crippen LogP contribution in [0, 0.1) is 0 Å². The maximum absolute atomic E-state index is 9.92. The highest BCUT2D eigenvalue weighted by Gasteiger charge is 2.24. The molecule has 4 nitrogen and oxygen atoms in total. The van der Waals surface area contributed by atoms with Gasteiger partial charge in [0.15, 0.2) is 0 Å². The first-order valence-electron chi connectivity index (χ1n) is 14.7. The van der Waals surface area contributed by atoms with Crippen molar-refractivity contribution in [1.29, 1.82) is 0 Å². The molecule has 0 saturated carbocycles. The average Bonchev–Trinajstić information content (AvgIpc) is 3.01. The fourth-order valence-corrected chi connectivity index (χ4v) is 6.82. The number of hydrogen-bond donors (Lipinski definition) is 1. The molecule has 1 aliphatic heterocycles. The molecule has 4 aromatic carbocycles. The van der Waals surface area contributed by atoms with Crippen LogP contribution >= 0.6 is 11.8 Å². The Hall–Kier alpha value is -3.25. The van der Waals surface area contributed by atoms with Crippen LogP contribution < -0.4 is 4.74 Å². The van der Waals surface area contributed by atoms with Gasteiger partial charge in [0.1, 0.15) is 11.5 Å². The molecule has 0 bridgehead atoms. The Kier molecular flexibility index (Phi) is 10.4. The van der Waals surface area contributed by atoms with Crippen LogP contribution in [0.2, 0.25) is 0 Å². The minimum absolute atomic E-state index is 0.318. The fourth-order valence-electron chi connectivity index (χ4n) is 5.90. The van der Waals surface area contributed by atoms with E-state index in [1.807, 2.05) is 23.9 Å². The minimum Gasteiger partial charge on any atom is -0.508 e. The molecule has 4 aromatic rings. The molecule has 214 valence electrons. The predicted octanol–water partition coefficient (Wildman–Crippen LogP) is 8.14. The van der Waals surface area contributed by atoms with Crippen molar-refractivity contribution in [3.8, 4) is 11.5 Å². The van der Waals surface area contributed by atoms with Gasteiger partial charge in [0.2, 0.25) is 0 Å². The molecular formula is C36H42N2O2S. The third kappa shape index (κ3) is 8.38. The molecule has 5 heteroatoms. The lowest BCUT2D eigenvalue weighted by molar-refractivity contribution is 0.165. The molecule has 1 fully saturated rings. The molecule has 0 aliphatic carbocycles. The van der Waals surface area contributed by atoms with Crippen LogP contribution in [-0.4, -0.2) is 48.7 Å². The molecule has 1 heterocycles. The summed E-state index contributed by atoms with van der Waals surface area (Å²) in [6.07, 6.45) is 3.36. The summed E-state index contributed by atoms with van der Waals surface area (Å²) in [6.45, 7) is 4.16. The van der Waals surface area contributed by atoms with Gasteiger partial charge in [0, 0.05) is 23.2 Å². The molecule has 1 unspecified atom stereocenters. The predicted molar refractivity (Wildman–Crippen MR) is 171 cm³/mol. The summed E-state index contributed by atoms with van der Waals surface area (Å²) in [6, 6.07) is 36.5. The number of thioether (sulfide) groups is 1. The zero-order valence-electron chi connectivity index (χ0n) is 24.3. The minimum atomic E-state index is 0.318. The molecule has 41 heavy (non-hydrogen) atoms. The first-order valence-corrected chi connectivity index (χ1v) is 15.7. The Morgan fingerprint density at radius 2 is 1.63 bits per heavy atom. The largest absolute Gasteiger partial charge is 0.508 e. The number of piperidine rings is 1. The van der Waals surface area contributed by atoms with Crippen molar-refractivity contribution in [2.45, 2.75) is 48.4 Å². The molecule has 0 spiro atoms. The van der Waals surface area contributed by atoms with Gasteiger partial charge in [-0.3, -0.25) is 4.90 Å². The first-order chi connectivity index (χ1) is 20.1. The van der Waals surface area contributed by atoms with Gasteiger partial charge in [-0.25, -0.2) is 0 Å². The van der Waals surface area contributed by atoms with Crippen LogP contribution in [0.15, 0.2) is 108 Å². The summed E-state index contributed by atoms with van der Waals surface area (Å²) in [7, 11) is 3.97. The number of aromatic hydroxyl groups is 1. The van der Waals surface area contributed by atoms with Crippen molar-refractivity contribution in [1.82, 2.24) is 9.80 Å². The number of benzene rings is 4. The molecular weight excluding hydrogens is 524 g/mol. The summed E-state index contributed by atoms with van der Waals surface area (Å²) < 4.78 is 5.37. The van der Waals surface area contributed by atoms with Gasteiger partial charge in [-0.05, 0) is 111 Å².